The average Bonchev–Trinajstić information content (AvgIpc) is 3.06. The third-order valence-corrected chi connectivity index (χ3v) is 4.79. The number of aromatic nitrogens is 1. The van der Waals surface area contributed by atoms with Gasteiger partial charge in [-0.1, -0.05) is 64.5 Å². The second-order valence-corrected chi connectivity index (χ2v) is 7.17. The Morgan fingerprint density at radius 1 is 1.03 bits per heavy atom. The van der Waals surface area contributed by atoms with E-state index >= 15 is 0 Å². The Balaban J connectivity index is 1.50. The van der Waals surface area contributed by atoms with Gasteiger partial charge in [-0.2, -0.15) is 0 Å². The lowest BCUT2D eigenvalue weighted by molar-refractivity contribution is -0.120. The highest BCUT2D eigenvalue weighted by Crippen LogP contribution is 2.36. The highest BCUT2D eigenvalue weighted by atomic mass is 79.9. The van der Waals surface area contributed by atoms with Crippen molar-refractivity contribution >= 4 is 38.4 Å². The first-order valence-corrected chi connectivity index (χ1v) is 9.63. The van der Waals surface area contributed by atoms with Crippen LogP contribution in [0.4, 0.5) is 5.69 Å². The number of halogens is 1. The fourth-order valence-electron chi connectivity index (χ4n) is 2.96. The Bertz CT molecular complexity index is 1200. The van der Waals surface area contributed by atoms with Crippen molar-refractivity contribution in [2.75, 3.05) is 6.61 Å². The maximum atomic E-state index is 12.2. The summed E-state index contributed by atoms with van der Waals surface area (Å²) >= 11 is 3.38. The fourth-order valence-corrected chi connectivity index (χ4v) is 3.32. The van der Waals surface area contributed by atoms with Crippen LogP contribution < -0.4 is 4.74 Å². The van der Waals surface area contributed by atoms with Crippen molar-refractivity contribution in [2.24, 2.45) is 10.2 Å². The van der Waals surface area contributed by atoms with Crippen LogP contribution in [0, 0.1) is 0 Å². The molecule has 1 heterocycles. The van der Waals surface area contributed by atoms with E-state index in [2.05, 4.69) is 31.1 Å². The average molecular weight is 450 g/mol. The van der Waals surface area contributed by atoms with Crippen molar-refractivity contribution in [1.82, 2.24) is 4.98 Å². The number of H-pyrrole nitrogens is 1. The first kappa shape index (κ1) is 18.9. The lowest BCUT2D eigenvalue weighted by Gasteiger charge is -2.10. The van der Waals surface area contributed by atoms with Gasteiger partial charge >= 0.3 is 5.91 Å². The fraction of sp³-hybridized carbons (Fsp3) is 0.0455. The van der Waals surface area contributed by atoms with Gasteiger partial charge in [0.05, 0.1) is 5.52 Å². The molecule has 3 aromatic carbocycles. The zero-order chi connectivity index (χ0) is 20.2. The van der Waals surface area contributed by atoms with Gasteiger partial charge < -0.3 is 14.8 Å². The van der Waals surface area contributed by atoms with Crippen molar-refractivity contribution in [3.05, 3.63) is 77.3 Å². The van der Waals surface area contributed by atoms with Crippen LogP contribution in [0.1, 0.15) is 0 Å². The minimum Gasteiger partial charge on any atom is -0.493 e. The second-order valence-electron chi connectivity index (χ2n) is 6.26. The van der Waals surface area contributed by atoms with E-state index in [9.17, 15) is 9.90 Å². The number of aromatic amines is 1. The van der Waals surface area contributed by atoms with E-state index in [0.29, 0.717) is 16.7 Å². The topological polar surface area (TPSA) is 87.0 Å². The summed E-state index contributed by atoms with van der Waals surface area (Å²) in [6, 6.07) is 22.7. The van der Waals surface area contributed by atoms with Gasteiger partial charge in [0.15, 0.2) is 12.3 Å². The van der Waals surface area contributed by atoms with Crippen LogP contribution in [0.2, 0.25) is 0 Å². The Labute approximate surface area is 175 Å². The number of ether oxygens (including phenoxy) is 1. The van der Waals surface area contributed by atoms with Crippen molar-refractivity contribution in [3.8, 4) is 22.8 Å². The molecule has 1 aromatic heterocycles. The predicted molar refractivity (Wildman–Crippen MR) is 115 cm³/mol. The largest absolute Gasteiger partial charge is 0.493 e. The molecule has 4 aromatic rings. The molecule has 0 saturated heterocycles. The Morgan fingerprint density at radius 2 is 1.79 bits per heavy atom. The number of aromatic hydroxyl groups is 1. The molecule has 0 bridgehead atoms. The highest BCUT2D eigenvalue weighted by molar-refractivity contribution is 9.10. The maximum absolute atomic E-state index is 12.2. The van der Waals surface area contributed by atoms with Gasteiger partial charge in [0.2, 0.25) is 5.88 Å². The second kappa shape index (κ2) is 8.28. The van der Waals surface area contributed by atoms with E-state index in [-0.39, 0.29) is 18.2 Å². The Hall–Kier alpha value is -3.45. The van der Waals surface area contributed by atoms with Crippen LogP contribution in [0.5, 0.6) is 11.6 Å². The number of carbonyl (C=O) groups is 1. The van der Waals surface area contributed by atoms with Crippen LogP contribution in [-0.2, 0) is 4.79 Å². The quantitative estimate of drug-likeness (QED) is 0.366. The summed E-state index contributed by atoms with van der Waals surface area (Å²) in [4.78, 5) is 15.0. The molecule has 0 fully saturated rings. The first-order chi connectivity index (χ1) is 14.1. The van der Waals surface area contributed by atoms with Crippen LogP contribution in [0.3, 0.4) is 0 Å². The SMILES string of the molecule is O=C(COc1ccccc1-c1ccccc1)N=Nc1c(O)[nH]c2ccc(Br)cc12. The molecule has 0 aliphatic carbocycles. The summed E-state index contributed by atoms with van der Waals surface area (Å²) in [6.45, 7) is -0.264. The van der Waals surface area contributed by atoms with E-state index in [0.717, 1.165) is 15.6 Å². The van der Waals surface area contributed by atoms with Gasteiger partial charge in [0, 0.05) is 15.4 Å². The molecule has 1 amide bonds. The van der Waals surface area contributed by atoms with Crippen molar-refractivity contribution in [3.63, 3.8) is 0 Å². The molecule has 0 atom stereocenters. The van der Waals surface area contributed by atoms with Crippen LogP contribution in [-0.4, -0.2) is 22.6 Å². The number of hydrogen-bond acceptors (Lipinski definition) is 4. The summed E-state index contributed by atoms with van der Waals surface area (Å²) in [5, 5.41) is 18.3. The number of carbonyl (C=O) groups excluding carboxylic acids is 1. The molecule has 144 valence electrons. The number of amides is 1. The number of nitrogens with zero attached hydrogens (tertiary/aromatic N) is 2. The van der Waals surface area contributed by atoms with Crippen LogP contribution in [0.25, 0.3) is 22.0 Å². The lowest BCUT2D eigenvalue weighted by atomic mass is 10.1. The van der Waals surface area contributed by atoms with Gasteiger partial charge in [-0.05, 0) is 29.8 Å². The number of hydrogen-bond donors (Lipinski definition) is 2. The van der Waals surface area contributed by atoms with Gasteiger partial charge in [0.1, 0.15) is 5.75 Å². The molecular weight excluding hydrogens is 434 g/mol. The van der Waals surface area contributed by atoms with Gasteiger partial charge in [-0.25, -0.2) is 0 Å². The molecule has 29 heavy (non-hydrogen) atoms. The summed E-state index contributed by atoms with van der Waals surface area (Å²) in [5.74, 6) is -0.122. The van der Waals surface area contributed by atoms with Crippen molar-refractivity contribution in [1.29, 1.82) is 0 Å². The number of rotatable bonds is 5. The summed E-state index contributed by atoms with van der Waals surface area (Å²) < 4.78 is 6.51. The Kier molecular flexibility index (Phi) is 5.39. The molecule has 0 spiro atoms. The number of nitrogens with one attached hydrogen (secondary N) is 1. The van der Waals surface area contributed by atoms with E-state index in [1.165, 1.54) is 0 Å². The number of fused-ring (bicyclic) bond motifs is 1. The minimum atomic E-state index is -0.559. The molecule has 6 nitrogen and oxygen atoms in total. The number of azo groups is 1. The highest BCUT2D eigenvalue weighted by Gasteiger charge is 2.12. The molecule has 0 radical (unpaired) electrons. The first-order valence-electron chi connectivity index (χ1n) is 8.84. The molecule has 0 unspecified atom stereocenters. The molecule has 0 saturated carbocycles. The smallest absolute Gasteiger partial charge is 0.302 e. The number of benzene rings is 3. The molecule has 4 rings (SSSR count). The zero-order valence-corrected chi connectivity index (χ0v) is 16.8. The van der Waals surface area contributed by atoms with Gasteiger partial charge in [-0.15, -0.1) is 10.2 Å². The number of para-hydroxylation sites is 1. The normalized spacial score (nSPS) is 11.2. The third kappa shape index (κ3) is 4.20. The lowest BCUT2D eigenvalue weighted by Crippen LogP contribution is -2.08. The summed E-state index contributed by atoms with van der Waals surface area (Å²) in [6.07, 6.45) is 0. The van der Waals surface area contributed by atoms with Crippen molar-refractivity contribution < 1.29 is 14.6 Å². The molecular formula is C22H16BrN3O3. The van der Waals surface area contributed by atoms with E-state index < -0.39 is 5.91 Å². The van der Waals surface area contributed by atoms with E-state index in [4.69, 9.17) is 4.74 Å². The van der Waals surface area contributed by atoms with Gasteiger partial charge in [-0.3, -0.25) is 4.79 Å². The summed E-state index contributed by atoms with van der Waals surface area (Å²) in [5.41, 5.74) is 2.78. The van der Waals surface area contributed by atoms with Crippen molar-refractivity contribution in [2.45, 2.75) is 0 Å². The zero-order valence-electron chi connectivity index (χ0n) is 15.2. The summed E-state index contributed by atoms with van der Waals surface area (Å²) in [7, 11) is 0. The van der Waals surface area contributed by atoms with Gasteiger partial charge in [0.25, 0.3) is 0 Å². The Morgan fingerprint density at radius 3 is 2.62 bits per heavy atom. The van der Waals surface area contributed by atoms with E-state index in [1.807, 2.05) is 54.6 Å². The molecule has 2 N–H and O–H groups in total. The molecule has 0 aliphatic heterocycles. The van der Waals surface area contributed by atoms with Crippen LogP contribution >= 0.6 is 15.9 Å². The third-order valence-electron chi connectivity index (χ3n) is 4.30. The minimum absolute atomic E-state index is 0.148. The predicted octanol–water partition coefficient (Wildman–Crippen LogP) is 5.99. The standard InChI is InChI=1S/C22H16BrN3O3/c23-15-10-11-18-17(12-15)21(22(28)24-18)26-25-20(27)13-29-19-9-5-4-8-16(19)14-6-2-1-3-7-14/h1-12,24,28H,13H2. The van der Waals surface area contributed by atoms with Crippen LogP contribution in [0.15, 0.2) is 87.5 Å². The maximum Gasteiger partial charge on any atom is 0.302 e. The molecule has 7 heteroatoms. The molecule has 0 aliphatic rings. The monoisotopic (exact) mass is 449 g/mol. The van der Waals surface area contributed by atoms with E-state index in [1.54, 1.807) is 18.2 Å².